The summed E-state index contributed by atoms with van der Waals surface area (Å²) in [7, 11) is -8.55. The van der Waals surface area contributed by atoms with Gasteiger partial charge in [0.15, 0.2) is 49.9 Å². The van der Waals surface area contributed by atoms with Crippen molar-refractivity contribution in [1.29, 1.82) is 0 Å². The van der Waals surface area contributed by atoms with E-state index in [0.717, 1.165) is 5.92 Å². The molecular weight excluding hydrogens is 1150 g/mol. The smallest absolute Gasteiger partial charge is 0.412 e. The summed E-state index contributed by atoms with van der Waals surface area (Å²) in [6.07, 6.45) is 43.6. The van der Waals surface area contributed by atoms with Crippen LogP contribution in [-0.4, -0.2) is 86.5 Å². The van der Waals surface area contributed by atoms with Gasteiger partial charge in [0.1, 0.15) is 0 Å². The van der Waals surface area contributed by atoms with E-state index in [9.17, 15) is 0 Å². The van der Waals surface area contributed by atoms with Gasteiger partial charge in [0.05, 0.1) is 36.6 Å². The van der Waals surface area contributed by atoms with E-state index < -0.39 is 49.9 Å². The standard InChI is InChI=1S/2C12H28O2Si2.C11H26O2Si2.3C6H8.6CH3.3Co/c1-10-8-11(13-15(2,3)4)12(9-10)14-16(5,6)7;1-10-8-9-11(13-15(2,3)4)12(10)14-16(5,6)7;1-14(2,3)12-10-8-7-9-11(10)13-15(4,5)6;3*1-2-4-6-5-3-1;;;;;;;;;/h2*10-12H,8-9H2,1-7H3;10-11H,7-9H2,1-6H3;3*1-4H,5-6H2;6*1H3;;;/q;;;;;;6*-1;3*+2. The number of hydrogen-bond acceptors (Lipinski definition) is 6. The van der Waals surface area contributed by atoms with Crippen molar-refractivity contribution in [2.45, 2.75) is 252 Å². The molecule has 0 amide bonds. The van der Waals surface area contributed by atoms with Crippen molar-refractivity contribution in [1.82, 2.24) is 0 Å². The Labute approximate surface area is 503 Å². The van der Waals surface area contributed by atoms with E-state index in [1.807, 2.05) is 0 Å². The van der Waals surface area contributed by atoms with Gasteiger partial charge >= 0.3 is 50.3 Å². The molecule has 0 spiro atoms. The second-order valence-corrected chi connectivity index (χ2v) is 51.7. The van der Waals surface area contributed by atoms with Gasteiger partial charge in [0.2, 0.25) is 0 Å². The zero-order chi connectivity index (χ0) is 49.5. The Hall–Kier alpha value is 1.02. The molecule has 74 heavy (non-hydrogen) atoms. The third-order valence-corrected chi connectivity index (χ3v) is 16.6. The molecule has 15 heteroatoms. The van der Waals surface area contributed by atoms with Gasteiger partial charge in [-0.2, -0.15) is 0 Å². The van der Waals surface area contributed by atoms with Gasteiger partial charge in [-0.05, 0) is 213 Å². The molecule has 447 valence electrons. The number of allylic oxidation sites excluding steroid dienone is 12. The summed E-state index contributed by atoms with van der Waals surface area (Å²) >= 11 is 0. The molecule has 6 aliphatic rings. The van der Waals surface area contributed by atoms with Crippen LogP contribution < -0.4 is 0 Å². The molecule has 3 fully saturated rings. The summed E-state index contributed by atoms with van der Waals surface area (Å²) in [5, 5.41) is 0. The largest absolute Gasteiger partial charge is 2.00 e. The fourth-order valence-electron chi connectivity index (χ4n) is 8.35. The maximum atomic E-state index is 6.31. The van der Waals surface area contributed by atoms with E-state index >= 15 is 0 Å². The van der Waals surface area contributed by atoms with Crippen molar-refractivity contribution in [3.63, 3.8) is 0 Å². The maximum absolute atomic E-state index is 6.31. The first-order valence-electron chi connectivity index (χ1n) is 25.8. The third-order valence-electron chi connectivity index (χ3n) is 10.6. The minimum Gasteiger partial charge on any atom is -0.412 e. The van der Waals surface area contributed by atoms with E-state index in [0.29, 0.717) is 42.5 Å². The van der Waals surface area contributed by atoms with Crippen molar-refractivity contribution in [2.24, 2.45) is 11.8 Å². The Bertz CT molecular complexity index is 1310. The Morgan fingerprint density at radius 2 is 0.527 bits per heavy atom. The molecule has 6 rings (SSSR count). The second kappa shape index (κ2) is 46.6. The zero-order valence-electron chi connectivity index (χ0n) is 53.2. The van der Waals surface area contributed by atoms with Crippen molar-refractivity contribution in [3.8, 4) is 0 Å². The van der Waals surface area contributed by atoms with Crippen molar-refractivity contribution in [3.05, 3.63) is 117 Å². The monoisotopic (exact) mass is 1270 g/mol. The minimum atomic E-state index is -1.45. The molecule has 7 unspecified atom stereocenters. The first-order chi connectivity index (χ1) is 29.8. The SMILES string of the molecule is C1=CCCC=C1.C1=CCCC=C1.C1=CCCC=C1.CC1CC(O[Si](C)(C)C)C(O[Si](C)(C)C)C1.CC1CCC(O[Si](C)(C)C)C1O[Si](C)(C)C.C[Si](C)(C)OC1CCCC1O[Si](C)(C)C.[CH3-].[CH3-].[CH3-].[CH3-].[CH3-].[CH3-].[Co+2].[Co+2].[Co+2]. The fraction of sp³-hybridized carbons (Fsp3) is 0.695. The van der Waals surface area contributed by atoms with Crippen LogP contribution in [0.2, 0.25) is 118 Å². The maximum Gasteiger partial charge on any atom is 2.00 e. The molecule has 0 aromatic carbocycles. The summed E-state index contributed by atoms with van der Waals surface area (Å²) in [4.78, 5) is 0. The van der Waals surface area contributed by atoms with Gasteiger partial charge in [-0.3, -0.25) is 0 Å². The fourth-order valence-corrected chi connectivity index (χ4v) is 15.4. The van der Waals surface area contributed by atoms with Crippen LogP contribution in [0.1, 0.15) is 97.3 Å². The van der Waals surface area contributed by atoms with Gasteiger partial charge < -0.3 is 71.1 Å². The Morgan fingerprint density at radius 1 is 0.297 bits per heavy atom. The van der Waals surface area contributed by atoms with Gasteiger partial charge in [-0.15, -0.1) is 0 Å². The van der Waals surface area contributed by atoms with Crippen molar-refractivity contribution in [2.75, 3.05) is 0 Å². The molecule has 3 saturated carbocycles. The molecular formula is C59H124Co3O6Si6. The molecule has 6 aliphatic carbocycles. The van der Waals surface area contributed by atoms with Crippen LogP contribution in [0.25, 0.3) is 0 Å². The molecule has 6 nitrogen and oxygen atoms in total. The quantitative estimate of drug-likeness (QED) is 0.143. The number of hydrogen-bond donors (Lipinski definition) is 0. The average molecular weight is 1270 g/mol. The van der Waals surface area contributed by atoms with E-state index in [4.69, 9.17) is 26.6 Å². The van der Waals surface area contributed by atoms with Crippen LogP contribution in [-0.2, 0) is 76.9 Å². The van der Waals surface area contributed by atoms with Crippen LogP contribution in [0, 0.1) is 56.4 Å². The molecule has 0 saturated heterocycles. The van der Waals surface area contributed by atoms with E-state index in [1.54, 1.807) is 0 Å². The Balaban J connectivity index is -0.0000000994. The van der Waals surface area contributed by atoms with Gasteiger partial charge in [0, 0.05) is 0 Å². The minimum absolute atomic E-state index is 0. The second-order valence-electron chi connectivity index (χ2n) is 24.9. The molecule has 7 atom stereocenters. The molecule has 0 N–H and O–H groups in total. The number of rotatable bonds is 12. The van der Waals surface area contributed by atoms with E-state index in [2.05, 4.69) is 205 Å². The summed E-state index contributed by atoms with van der Waals surface area (Å²) in [6.45, 7) is 45.4. The van der Waals surface area contributed by atoms with E-state index in [-0.39, 0.29) is 94.9 Å². The molecule has 0 aromatic heterocycles. The molecule has 0 aliphatic heterocycles. The van der Waals surface area contributed by atoms with E-state index in [1.165, 1.54) is 83.5 Å². The van der Waals surface area contributed by atoms with Crippen LogP contribution in [0.15, 0.2) is 72.9 Å². The van der Waals surface area contributed by atoms with Crippen LogP contribution in [0.3, 0.4) is 0 Å². The summed E-state index contributed by atoms with van der Waals surface area (Å²) < 4.78 is 37.5. The van der Waals surface area contributed by atoms with Crippen LogP contribution in [0.4, 0.5) is 0 Å². The molecule has 0 aromatic rings. The van der Waals surface area contributed by atoms with Gasteiger partial charge in [0.25, 0.3) is 0 Å². The van der Waals surface area contributed by atoms with Gasteiger partial charge in [-0.25, -0.2) is 0 Å². The first kappa shape index (κ1) is 94.3. The Kier molecular flexibility index (Phi) is 59.4. The zero-order valence-corrected chi connectivity index (χ0v) is 62.3. The van der Waals surface area contributed by atoms with Crippen molar-refractivity contribution >= 4 is 49.9 Å². The van der Waals surface area contributed by atoms with Gasteiger partial charge in [-0.1, -0.05) is 86.8 Å². The summed E-state index contributed by atoms with van der Waals surface area (Å²) in [5.74, 6) is 1.41. The van der Waals surface area contributed by atoms with Crippen LogP contribution in [0.5, 0.6) is 0 Å². The molecule has 0 heterocycles. The Morgan fingerprint density at radius 3 is 0.743 bits per heavy atom. The molecule has 3 radical (unpaired) electrons. The normalized spacial score (nSPS) is 24.2. The topological polar surface area (TPSA) is 55.4 Å². The predicted octanol–water partition coefficient (Wildman–Crippen LogP) is 19.7. The van der Waals surface area contributed by atoms with Crippen molar-refractivity contribution < 1.29 is 76.9 Å². The third kappa shape index (κ3) is 53.7. The van der Waals surface area contributed by atoms with Crippen LogP contribution >= 0.6 is 0 Å². The average Bonchev–Trinajstić information content (AvgIpc) is 3.84. The first-order valence-corrected chi connectivity index (χ1v) is 46.3. The predicted molar refractivity (Wildman–Crippen MR) is 341 cm³/mol. The molecule has 0 bridgehead atoms. The summed E-state index contributed by atoms with van der Waals surface area (Å²) in [5.41, 5.74) is 0. The summed E-state index contributed by atoms with van der Waals surface area (Å²) in [6, 6.07) is 0.